The number of aromatic nitrogens is 5. The molecule has 1 aliphatic rings. The monoisotopic (exact) mass is 351 g/mol. The van der Waals surface area contributed by atoms with Gasteiger partial charge in [0.2, 0.25) is 5.95 Å². The standard InChI is InChI=1S/C14H12F3N7O/c15-14(16,17)7-5-19-10-9(7)11(20-6-1-2-6)23-12(22-10)24-4-3-8(18)21-13(24)25/h3-6H,1-2H2,(H2,18,21,25)(H2,19,20,22,23). The van der Waals surface area contributed by atoms with Gasteiger partial charge in [-0.1, -0.05) is 0 Å². The van der Waals surface area contributed by atoms with E-state index in [4.69, 9.17) is 5.73 Å². The van der Waals surface area contributed by atoms with Crippen LogP contribution in [-0.4, -0.2) is 30.5 Å². The SMILES string of the molecule is Nc1ccn(-c2nc(NC3CC3)c3c(C(F)(F)F)c[nH]c3n2)c(=O)n1. The maximum absolute atomic E-state index is 13.2. The number of anilines is 2. The van der Waals surface area contributed by atoms with Crippen molar-refractivity contribution < 1.29 is 13.2 Å². The molecule has 3 aromatic rings. The fourth-order valence-corrected chi connectivity index (χ4v) is 2.45. The topological polar surface area (TPSA) is 115 Å². The van der Waals surface area contributed by atoms with Crippen LogP contribution >= 0.6 is 0 Å². The Kier molecular flexibility index (Phi) is 3.20. The molecule has 1 aliphatic carbocycles. The second-order valence-corrected chi connectivity index (χ2v) is 5.72. The molecular formula is C14H12F3N7O. The quantitative estimate of drug-likeness (QED) is 0.661. The van der Waals surface area contributed by atoms with Gasteiger partial charge in [-0.2, -0.15) is 28.1 Å². The molecule has 0 saturated heterocycles. The van der Waals surface area contributed by atoms with Crippen molar-refractivity contribution >= 4 is 22.7 Å². The minimum absolute atomic E-state index is 0.0239. The van der Waals surface area contributed by atoms with E-state index in [-0.39, 0.29) is 34.7 Å². The van der Waals surface area contributed by atoms with Crippen molar-refractivity contribution in [3.05, 3.63) is 34.5 Å². The van der Waals surface area contributed by atoms with Gasteiger partial charge < -0.3 is 16.0 Å². The van der Waals surface area contributed by atoms with Crippen LogP contribution in [0.5, 0.6) is 0 Å². The summed E-state index contributed by atoms with van der Waals surface area (Å²) in [6, 6.07) is 1.43. The first-order chi connectivity index (χ1) is 11.8. The summed E-state index contributed by atoms with van der Waals surface area (Å²) in [7, 11) is 0. The summed E-state index contributed by atoms with van der Waals surface area (Å²) in [5, 5.41) is 2.81. The van der Waals surface area contributed by atoms with E-state index in [0.717, 1.165) is 23.6 Å². The molecular weight excluding hydrogens is 339 g/mol. The summed E-state index contributed by atoms with van der Waals surface area (Å²) in [5.41, 5.74) is 3.83. The molecule has 130 valence electrons. The molecule has 11 heteroatoms. The van der Waals surface area contributed by atoms with Crippen LogP contribution < -0.4 is 16.7 Å². The van der Waals surface area contributed by atoms with Gasteiger partial charge in [-0.25, -0.2) is 9.36 Å². The zero-order valence-corrected chi connectivity index (χ0v) is 12.6. The Morgan fingerprint density at radius 3 is 2.68 bits per heavy atom. The molecule has 1 fully saturated rings. The lowest BCUT2D eigenvalue weighted by molar-refractivity contribution is -0.136. The lowest BCUT2D eigenvalue weighted by Crippen LogP contribution is -2.24. The third kappa shape index (κ3) is 2.77. The van der Waals surface area contributed by atoms with Crippen molar-refractivity contribution in [1.29, 1.82) is 0 Å². The summed E-state index contributed by atoms with van der Waals surface area (Å²) in [4.78, 5) is 26.2. The van der Waals surface area contributed by atoms with Crippen molar-refractivity contribution in [2.75, 3.05) is 11.1 Å². The van der Waals surface area contributed by atoms with Crippen molar-refractivity contribution in [3.8, 4) is 5.95 Å². The van der Waals surface area contributed by atoms with E-state index in [1.165, 1.54) is 12.3 Å². The van der Waals surface area contributed by atoms with E-state index in [9.17, 15) is 18.0 Å². The van der Waals surface area contributed by atoms with Crippen LogP contribution in [-0.2, 0) is 6.18 Å². The molecule has 1 saturated carbocycles. The number of halogens is 3. The lowest BCUT2D eigenvalue weighted by Gasteiger charge is -2.11. The average Bonchev–Trinajstić information content (AvgIpc) is 3.21. The molecule has 0 aromatic carbocycles. The number of nitrogens with zero attached hydrogens (tertiary/aromatic N) is 4. The van der Waals surface area contributed by atoms with Gasteiger partial charge in [0.1, 0.15) is 17.3 Å². The lowest BCUT2D eigenvalue weighted by atomic mass is 10.2. The Labute approximate surface area is 137 Å². The highest BCUT2D eigenvalue weighted by molar-refractivity contribution is 5.91. The number of nitrogen functional groups attached to an aromatic ring is 1. The largest absolute Gasteiger partial charge is 0.418 e. The molecule has 0 amide bonds. The number of H-pyrrole nitrogens is 1. The second-order valence-electron chi connectivity index (χ2n) is 5.72. The first kappa shape index (κ1) is 15.4. The van der Waals surface area contributed by atoms with Crippen LogP contribution in [0.4, 0.5) is 24.8 Å². The highest BCUT2D eigenvalue weighted by Gasteiger charge is 2.36. The molecule has 25 heavy (non-hydrogen) atoms. The molecule has 3 aromatic heterocycles. The maximum Gasteiger partial charge on any atom is 0.418 e. The average molecular weight is 351 g/mol. The first-order valence-electron chi connectivity index (χ1n) is 7.41. The van der Waals surface area contributed by atoms with Crippen molar-refractivity contribution in [2.24, 2.45) is 0 Å². The number of hydrogen-bond donors (Lipinski definition) is 3. The van der Waals surface area contributed by atoms with Crippen molar-refractivity contribution in [1.82, 2.24) is 24.5 Å². The molecule has 0 bridgehead atoms. The molecule has 3 heterocycles. The summed E-state index contributed by atoms with van der Waals surface area (Å²) < 4.78 is 40.7. The third-order valence-electron chi connectivity index (χ3n) is 3.78. The van der Waals surface area contributed by atoms with Crippen molar-refractivity contribution in [2.45, 2.75) is 25.1 Å². The zero-order valence-electron chi connectivity index (χ0n) is 12.6. The van der Waals surface area contributed by atoms with Crippen LogP contribution in [0.25, 0.3) is 17.0 Å². The molecule has 4 N–H and O–H groups in total. The Hall–Kier alpha value is -3.11. The van der Waals surface area contributed by atoms with E-state index in [1.54, 1.807) is 0 Å². The van der Waals surface area contributed by atoms with E-state index < -0.39 is 17.4 Å². The number of hydrogen-bond acceptors (Lipinski definition) is 6. The molecule has 0 unspecified atom stereocenters. The minimum atomic E-state index is -4.55. The molecule has 4 rings (SSSR count). The Bertz CT molecular complexity index is 1020. The smallest absolute Gasteiger partial charge is 0.383 e. The van der Waals surface area contributed by atoms with Gasteiger partial charge in [0, 0.05) is 18.4 Å². The molecule has 0 aliphatic heterocycles. The fraction of sp³-hybridized carbons (Fsp3) is 0.286. The second kappa shape index (κ2) is 5.19. The van der Waals surface area contributed by atoms with Crippen LogP contribution in [0.15, 0.2) is 23.3 Å². The first-order valence-corrected chi connectivity index (χ1v) is 7.41. The zero-order chi connectivity index (χ0) is 17.8. The van der Waals surface area contributed by atoms with Gasteiger partial charge >= 0.3 is 11.9 Å². The Balaban J connectivity index is 1.94. The molecule has 0 spiro atoms. The molecule has 8 nitrogen and oxygen atoms in total. The normalized spacial score (nSPS) is 14.8. The number of alkyl halides is 3. The number of fused-ring (bicyclic) bond motifs is 1. The summed E-state index contributed by atoms with van der Waals surface area (Å²) in [6.45, 7) is 0. The van der Waals surface area contributed by atoms with Gasteiger partial charge in [-0.15, -0.1) is 0 Å². The fourth-order valence-electron chi connectivity index (χ4n) is 2.45. The van der Waals surface area contributed by atoms with Gasteiger partial charge in [0.25, 0.3) is 0 Å². The van der Waals surface area contributed by atoms with E-state index in [1.807, 2.05) is 0 Å². The summed E-state index contributed by atoms with van der Waals surface area (Å²) in [6.07, 6.45) is -0.708. The highest BCUT2D eigenvalue weighted by atomic mass is 19.4. The van der Waals surface area contributed by atoms with Crippen LogP contribution in [0.1, 0.15) is 18.4 Å². The predicted octanol–water partition coefficient (Wildman–Crippen LogP) is 1.68. The number of aromatic amines is 1. The van der Waals surface area contributed by atoms with Gasteiger partial charge in [-0.3, -0.25) is 0 Å². The summed E-state index contributed by atoms with van der Waals surface area (Å²) >= 11 is 0. The maximum atomic E-state index is 13.2. The predicted molar refractivity (Wildman–Crippen MR) is 83.3 cm³/mol. The van der Waals surface area contributed by atoms with Crippen LogP contribution in [0.3, 0.4) is 0 Å². The van der Waals surface area contributed by atoms with Gasteiger partial charge in [-0.05, 0) is 18.9 Å². The Morgan fingerprint density at radius 2 is 2.04 bits per heavy atom. The van der Waals surface area contributed by atoms with Gasteiger partial charge in [0.15, 0.2) is 0 Å². The van der Waals surface area contributed by atoms with Crippen LogP contribution in [0, 0.1) is 0 Å². The minimum Gasteiger partial charge on any atom is -0.383 e. The molecule has 0 atom stereocenters. The van der Waals surface area contributed by atoms with E-state index >= 15 is 0 Å². The third-order valence-corrected chi connectivity index (χ3v) is 3.78. The highest BCUT2D eigenvalue weighted by Crippen LogP contribution is 2.38. The molecule has 0 radical (unpaired) electrons. The Morgan fingerprint density at radius 1 is 1.28 bits per heavy atom. The van der Waals surface area contributed by atoms with Crippen molar-refractivity contribution in [3.63, 3.8) is 0 Å². The van der Waals surface area contributed by atoms with E-state index in [2.05, 4.69) is 25.3 Å². The van der Waals surface area contributed by atoms with E-state index in [0.29, 0.717) is 0 Å². The summed E-state index contributed by atoms with van der Waals surface area (Å²) in [5.74, 6) is -0.0404. The number of nitrogens with two attached hydrogens (primary N) is 1. The van der Waals surface area contributed by atoms with Crippen LogP contribution in [0.2, 0.25) is 0 Å². The van der Waals surface area contributed by atoms with Gasteiger partial charge in [0.05, 0.1) is 10.9 Å². The number of nitrogens with one attached hydrogen (secondary N) is 2. The number of rotatable bonds is 3.